The summed E-state index contributed by atoms with van der Waals surface area (Å²) in [4.78, 5) is 23.0. The fourth-order valence-electron chi connectivity index (χ4n) is 1.96. The number of aryl methyl sites for hydroxylation is 2. The first-order chi connectivity index (χ1) is 10.1. The lowest BCUT2D eigenvalue weighted by atomic mass is 10.0. The zero-order valence-corrected chi connectivity index (χ0v) is 11.6. The second kappa shape index (κ2) is 6.81. The number of benzene rings is 1. The van der Waals surface area contributed by atoms with Crippen LogP contribution in [0.1, 0.15) is 33.8 Å². The summed E-state index contributed by atoms with van der Waals surface area (Å²) in [6.45, 7) is 1.78. The average molecular weight is 288 g/mol. The number of amides is 1. The normalized spacial score (nSPS) is 10.4. The highest BCUT2D eigenvalue weighted by Crippen LogP contribution is 2.09. The van der Waals surface area contributed by atoms with Crippen LogP contribution < -0.4 is 5.48 Å². The van der Waals surface area contributed by atoms with E-state index in [9.17, 15) is 9.59 Å². The molecule has 1 amide bonds. The summed E-state index contributed by atoms with van der Waals surface area (Å²) in [6, 6.07) is 8.48. The summed E-state index contributed by atoms with van der Waals surface area (Å²) >= 11 is 0. The summed E-state index contributed by atoms with van der Waals surface area (Å²) in [7, 11) is 0. The Labute approximate surface area is 121 Å². The van der Waals surface area contributed by atoms with Gasteiger partial charge in [0.2, 0.25) is 0 Å². The molecule has 0 radical (unpaired) electrons. The first kappa shape index (κ1) is 14.9. The lowest BCUT2D eigenvalue weighted by Crippen LogP contribution is -2.18. The average Bonchev–Trinajstić information content (AvgIpc) is 2.90. The Morgan fingerprint density at radius 1 is 1.29 bits per heavy atom. The minimum absolute atomic E-state index is 0.0838. The molecular weight excluding hydrogens is 272 g/mol. The molecular formula is C15H16N2O4. The van der Waals surface area contributed by atoms with Crippen molar-refractivity contribution < 1.29 is 19.3 Å². The van der Waals surface area contributed by atoms with Gasteiger partial charge in [0.15, 0.2) is 0 Å². The highest BCUT2D eigenvalue weighted by Gasteiger charge is 2.09. The molecule has 0 aliphatic heterocycles. The van der Waals surface area contributed by atoms with E-state index in [2.05, 4.69) is 5.16 Å². The third-order valence-corrected chi connectivity index (χ3v) is 3.07. The Balaban J connectivity index is 1.85. The second-order valence-corrected chi connectivity index (χ2v) is 4.78. The number of carbonyl (C=O) groups excluding carboxylic acids is 2. The van der Waals surface area contributed by atoms with Crippen LogP contribution in [0.2, 0.25) is 0 Å². The Bertz CT molecular complexity index is 631. The van der Waals surface area contributed by atoms with Crippen molar-refractivity contribution in [3.63, 3.8) is 0 Å². The quantitative estimate of drug-likeness (QED) is 0.625. The van der Waals surface area contributed by atoms with Crippen molar-refractivity contribution in [2.24, 2.45) is 0 Å². The number of hydrogen-bond donors (Lipinski definition) is 2. The van der Waals surface area contributed by atoms with Crippen molar-refractivity contribution in [1.29, 1.82) is 0 Å². The molecule has 1 heterocycles. The summed E-state index contributed by atoms with van der Waals surface area (Å²) in [5, 5.41) is 12.3. The predicted molar refractivity (Wildman–Crippen MR) is 74.0 cm³/mol. The van der Waals surface area contributed by atoms with Gasteiger partial charge in [0.1, 0.15) is 11.5 Å². The number of aromatic nitrogens is 1. The molecule has 0 saturated carbocycles. The molecule has 2 aromatic rings. The molecule has 0 bridgehead atoms. The number of nitrogens with zero attached hydrogens (tertiary/aromatic N) is 1. The van der Waals surface area contributed by atoms with Gasteiger partial charge in [0, 0.05) is 18.1 Å². The molecule has 0 aliphatic rings. The minimum atomic E-state index is -0.556. The van der Waals surface area contributed by atoms with E-state index in [1.807, 2.05) is 0 Å². The molecule has 1 aromatic carbocycles. The van der Waals surface area contributed by atoms with Gasteiger partial charge < -0.3 is 4.52 Å². The van der Waals surface area contributed by atoms with Crippen molar-refractivity contribution in [2.45, 2.75) is 26.2 Å². The van der Waals surface area contributed by atoms with Crippen LogP contribution in [0.4, 0.5) is 0 Å². The van der Waals surface area contributed by atoms with E-state index in [-0.39, 0.29) is 12.2 Å². The van der Waals surface area contributed by atoms with Crippen LogP contribution >= 0.6 is 0 Å². The van der Waals surface area contributed by atoms with Crippen molar-refractivity contribution in [2.75, 3.05) is 0 Å². The van der Waals surface area contributed by atoms with Crippen molar-refractivity contribution >= 4 is 11.7 Å². The third-order valence-electron chi connectivity index (χ3n) is 3.07. The van der Waals surface area contributed by atoms with E-state index in [4.69, 9.17) is 9.73 Å². The first-order valence-corrected chi connectivity index (χ1v) is 6.56. The number of carbonyl (C=O) groups is 2. The van der Waals surface area contributed by atoms with E-state index >= 15 is 0 Å². The van der Waals surface area contributed by atoms with Gasteiger partial charge in [-0.05, 0) is 31.0 Å². The number of ketones is 1. The number of rotatable bonds is 6. The third kappa shape index (κ3) is 4.25. The fourth-order valence-corrected chi connectivity index (χ4v) is 1.96. The maximum atomic E-state index is 11.8. The van der Waals surface area contributed by atoms with Crippen LogP contribution in [-0.4, -0.2) is 22.1 Å². The maximum absolute atomic E-state index is 11.8. The smallest absolute Gasteiger partial charge is 0.274 e. The minimum Gasteiger partial charge on any atom is -0.361 e. The predicted octanol–water partition coefficient (Wildman–Crippen LogP) is 1.85. The zero-order valence-electron chi connectivity index (χ0n) is 11.6. The summed E-state index contributed by atoms with van der Waals surface area (Å²) < 4.78 is 4.91. The molecule has 2 rings (SSSR count). The number of Topliss-reactive ketones (excluding diaryl/α,β-unsaturated/α-hetero) is 1. The lowest BCUT2D eigenvalue weighted by molar-refractivity contribution is -0.118. The van der Waals surface area contributed by atoms with Crippen LogP contribution in [0.25, 0.3) is 0 Å². The molecule has 2 N–H and O–H groups in total. The van der Waals surface area contributed by atoms with Crippen LogP contribution in [-0.2, 0) is 17.6 Å². The molecule has 0 unspecified atom stereocenters. The van der Waals surface area contributed by atoms with Crippen LogP contribution in [0, 0.1) is 6.92 Å². The SMILES string of the molecule is Cc1cc(CC(=O)CCc2ccc(C(=O)NO)cc2)no1. The Morgan fingerprint density at radius 2 is 2.00 bits per heavy atom. The first-order valence-electron chi connectivity index (χ1n) is 6.56. The highest BCUT2D eigenvalue weighted by atomic mass is 16.5. The fraction of sp³-hybridized carbons (Fsp3) is 0.267. The van der Waals surface area contributed by atoms with Gasteiger partial charge in [-0.3, -0.25) is 14.8 Å². The molecule has 0 aliphatic carbocycles. The Morgan fingerprint density at radius 3 is 2.57 bits per heavy atom. The van der Waals surface area contributed by atoms with Crippen LogP contribution in [0.3, 0.4) is 0 Å². The number of hydrogen-bond acceptors (Lipinski definition) is 5. The second-order valence-electron chi connectivity index (χ2n) is 4.78. The Kier molecular flexibility index (Phi) is 4.84. The van der Waals surface area contributed by atoms with Gasteiger partial charge in [-0.1, -0.05) is 17.3 Å². The molecule has 1 aromatic heterocycles. The van der Waals surface area contributed by atoms with Gasteiger partial charge in [-0.2, -0.15) is 0 Å². The van der Waals surface area contributed by atoms with E-state index in [1.165, 1.54) is 0 Å². The molecule has 6 nitrogen and oxygen atoms in total. The molecule has 21 heavy (non-hydrogen) atoms. The van der Waals surface area contributed by atoms with E-state index < -0.39 is 5.91 Å². The molecule has 0 fully saturated rings. The van der Waals surface area contributed by atoms with Gasteiger partial charge in [0.05, 0.1) is 12.1 Å². The van der Waals surface area contributed by atoms with E-state index in [0.717, 1.165) is 5.56 Å². The summed E-state index contributed by atoms with van der Waals surface area (Å²) in [6.07, 6.45) is 1.26. The summed E-state index contributed by atoms with van der Waals surface area (Å²) in [5.41, 5.74) is 3.54. The zero-order chi connectivity index (χ0) is 15.2. The van der Waals surface area contributed by atoms with Crippen molar-refractivity contribution in [3.05, 3.63) is 52.9 Å². The summed E-state index contributed by atoms with van der Waals surface area (Å²) in [5.74, 6) is 0.218. The van der Waals surface area contributed by atoms with Gasteiger partial charge in [0.25, 0.3) is 5.91 Å². The molecule has 0 atom stereocenters. The molecule has 0 spiro atoms. The number of hydroxylamine groups is 1. The van der Waals surface area contributed by atoms with Gasteiger partial charge in [-0.15, -0.1) is 0 Å². The number of nitrogens with one attached hydrogen (secondary N) is 1. The van der Waals surface area contributed by atoms with Gasteiger partial charge in [-0.25, -0.2) is 5.48 Å². The lowest BCUT2D eigenvalue weighted by Gasteiger charge is -2.02. The van der Waals surface area contributed by atoms with E-state index in [1.54, 1.807) is 42.7 Å². The van der Waals surface area contributed by atoms with Crippen LogP contribution in [0.5, 0.6) is 0 Å². The Hall–Kier alpha value is -2.47. The molecule has 0 saturated heterocycles. The molecule has 6 heteroatoms. The standard InChI is InChI=1S/C15H16N2O4/c1-10-8-13(17-21-10)9-14(18)7-4-11-2-5-12(6-3-11)15(19)16-20/h2-3,5-6,8,20H,4,7,9H2,1H3,(H,16,19). The van der Waals surface area contributed by atoms with E-state index in [0.29, 0.717) is 29.9 Å². The van der Waals surface area contributed by atoms with Crippen LogP contribution in [0.15, 0.2) is 34.9 Å². The maximum Gasteiger partial charge on any atom is 0.274 e. The van der Waals surface area contributed by atoms with Crippen molar-refractivity contribution in [3.8, 4) is 0 Å². The highest BCUT2D eigenvalue weighted by molar-refractivity contribution is 5.93. The van der Waals surface area contributed by atoms with Gasteiger partial charge >= 0.3 is 0 Å². The largest absolute Gasteiger partial charge is 0.361 e. The molecule has 110 valence electrons. The monoisotopic (exact) mass is 288 g/mol. The topological polar surface area (TPSA) is 92.4 Å². The van der Waals surface area contributed by atoms with Crippen molar-refractivity contribution in [1.82, 2.24) is 10.6 Å².